The quantitative estimate of drug-likeness (QED) is 0.238. The summed E-state index contributed by atoms with van der Waals surface area (Å²) in [4.78, 5) is 27.6. The van der Waals surface area contributed by atoms with Crippen molar-refractivity contribution in [1.82, 2.24) is 24.8 Å². The van der Waals surface area contributed by atoms with Crippen molar-refractivity contribution in [2.45, 2.75) is 22.3 Å². The normalized spacial score (nSPS) is 14.8. The largest absolute Gasteiger partial charge is 0.489 e. The number of para-hydroxylation sites is 1. The highest BCUT2D eigenvalue weighted by atomic mass is 32.2. The molecule has 1 saturated heterocycles. The van der Waals surface area contributed by atoms with Gasteiger partial charge in [-0.3, -0.25) is 14.3 Å². The molecule has 0 radical (unpaired) electrons. The minimum Gasteiger partial charge on any atom is -0.489 e. The van der Waals surface area contributed by atoms with Crippen molar-refractivity contribution in [2.24, 2.45) is 0 Å². The first kappa shape index (κ1) is 28.4. The Morgan fingerprint density at radius 3 is 2.40 bits per heavy atom. The summed E-state index contributed by atoms with van der Waals surface area (Å²) in [7, 11) is -3.96. The number of rotatable bonds is 8. The number of benzene rings is 3. The summed E-state index contributed by atoms with van der Waals surface area (Å²) in [6.45, 7) is 1.79. The molecule has 4 heterocycles. The number of pyridine rings is 2. The topological polar surface area (TPSA) is 128 Å². The predicted octanol–water partition coefficient (Wildman–Crippen LogP) is 5.16. The zero-order valence-electron chi connectivity index (χ0n) is 24.0. The average molecular weight is 617 g/mol. The molecule has 3 aromatic heterocycles. The maximum Gasteiger partial charge on any atom is 0.264 e. The van der Waals surface area contributed by atoms with Gasteiger partial charge in [0.15, 0.2) is 5.65 Å². The number of hydrogen-bond acceptors (Lipinski definition) is 9. The van der Waals surface area contributed by atoms with Gasteiger partial charge in [-0.25, -0.2) is 13.4 Å². The van der Waals surface area contributed by atoms with Gasteiger partial charge in [-0.1, -0.05) is 36.4 Å². The molecule has 3 aromatic carbocycles. The van der Waals surface area contributed by atoms with Crippen LogP contribution in [-0.4, -0.2) is 47.1 Å². The standard InChI is InChI=1S/C34H28N6O4S/c41-33-30(29-8-4-5-9-31(29)45(42,43)28-15-18-35-19-16-28)20-23-21-37-34(39-32(23)40(33)25-6-2-1-3-7-25)38-24-10-12-26(13-11-24)44-27-14-17-36-22-27/h1-13,15-16,18-21,27,36H,14,17,22H2,(H,37,38,39). The lowest BCUT2D eigenvalue weighted by Crippen LogP contribution is -2.22. The Kier molecular flexibility index (Phi) is 7.54. The van der Waals surface area contributed by atoms with Gasteiger partial charge < -0.3 is 15.4 Å². The van der Waals surface area contributed by atoms with E-state index >= 15 is 0 Å². The molecular formula is C34H28N6O4S. The molecule has 0 saturated carbocycles. The summed E-state index contributed by atoms with van der Waals surface area (Å²) >= 11 is 0. The van der Waals surface area contributed by atoms with Gasteiger partial charge in [0.25, 0.3) is 5.56 Å². The molecule has 0 aliphatic carbocycles. The molecule has 1 atom stereocenters. The molecule has 45 heavy (non-hydrogen) atoms. The van der Waals surface area contributed by atoms with Crippen LogP contribution in [0.1, 0.15) is 6.42 Å². The lowest BCUT2D eigenvalue weighted by Gasteiger charge is -2.16. The van der Waals surface area contributed by atoms with Crippen molar-refractivity contribution < 1.29 is 13.2 Å². The molecule has 1 unspecified atom stereocenters. The predicted molar refractivity (Wildman–Crippen MR) is 172 cm³/mol. The third-order valence-electron chi connectivity index (χ3n) is 7.61. The van der Waals surface area contributed by atoms with Crippen LogP contribution in [0.4, 0.5) is 11.6 Å². The van der Waals surface area contributed by atoms with Crippen molar-refractivity contribution in [3.63, 3.8) is 0 Å². The van der Waals surface area contributed by atoms with E-state index in [9.17, 15) is 13.2 Å². The molecular weight excluding hydrogens is 588 g/mol. The number of nitrogens with zero attached hydrogens (tertiary/aromatic N) is 4. The molecule has 0 spiro atoms. The Balaban J connectivity index is 1.31. The molecule has 1 fully saturated rings. The van der Waals surface area contributed by atoms with Gasteiger partial charge in [0.2, 0.25) is 15.8 Å². The smallest absolute Gasteiger partial charge is 0.264 e. The van der Waals surface area contributed by atoms with Gasteiger partial charge in [-0.15, -0.1) is 0 Å². The van der Waals surface area contributed by atoms with Crippen LogP contribution in [0.3, 0.4) is 0 Å². The van der Waals surface area contributed by atoms with Crippen LogP contribution in [0.5, 0.6) is 5.75 Å². The fourth-order valence-electron chi connectivity index (χ4n) is 5.40. The van der Waals surface area contributed by atoms with E-state index < -0.39 is 15.4 Å². The van der Waals surface area contributed by atoms with Crippen LogP contribution in [0.2, 0.25) is 0 Å². The van der Waals surface area contributed by atoms with Gasteiger partial charge in [0.05, 0.1) is 15.5 Å². The Labute approximate surface area is 259 Å². The van der Waals surface area contributed by atoms with Crippen LogP contribution in [0, 0.1) is 0 Å². The summed E-state index contributed by atoms with van der Waals surface area (Å²) in [5, 5.41) is 7.07. The Morgan fingerprint density at radius 1 is 0.889 bits per heavy atom. The van der Waals surface area contributed by atoms with E-state index in [1.165, 1.54) is 35.2 Å². The van der Waals surface area contributed by atoms with E-state index in [0.717, 1.165) is 30.9 Å². The lowest BCUT2D eigenvalue weighted by atomic mass is 10.1. The summed E-state index contributed by atoms with van der Waals surface area (Å²) in [6, 6.07) is 27.7. The average Bonchev–Trinajstić information content (AvgIpc) is 3.59. The Morgan fingerprint density at radius 2 is 1.64 bits per heavy atom. The van der Waals surface area contributed by atoms with Gasteiger partial charge >= 0.3 is 0 Å². The third kappa shape index (κ3) is 5.66. The highest BCUT2D eigenvalue weighted by Crippen LogP contribution is 2.32. The maximum absolute atomic E-state index is 14.3. The number of anilines is 2. The summed E-state index contributed by atoms with van der Waals surface area (Å²) in [5.41, 5.74) is 1.78. The Hall–Kier alpha value is -5.39. The maximum atomic E-state index is 14.3. The third-order valence-corrected chi connectivity index (χ3v) is 9.44. The lowest BCUT2D eigenvalue weighted by molar-refractivity contribution is 0.223. The van der Waals surface area contributed by atoms with Crippen LogP contribution in [0.25, 0.3) is 27.8 Å². The molecule has 0 amide bonds. The van der Waals surface area contributed by atoms with Crippen LogP contribution >= 0.6 is 0 Å². The minimum atomic E-state index is -3.96. The monoisotopic (exact) mass is 616 g/mol. The fraction of sp³-hybridized carbons (Fsp3) is 0.118. The molecule has 0 bridgehead atoms. The number of nitrogens with one attached hydrogen (secondary N) is 2. The number of ether oxygens (including phenoxy) is 1. The van der Waals surface area contributed by atoms with Crippen molar-refractivity contribution >= 4 is 32.5 Å². The van der Waals surface area contributed by atoms with E-state index in [2.05, 4.69) is 20.6 Å². The second-order valence-electron chi connectivity index (χ2n) is 10.6. The molecule has 1 aliphatic heterocycles. The minimum absolute atomic E-state index is 0.0167. The van der Waals surface area contributed by atoms with Crippen molar-refractivity contribution in [2.75, 3.05) is 18.4 Å². The highest BCUT2D eigenvalue weighted by Gasteiger charge is 2.25. The summed E-state index contributed by atoms with van der Waals surface area (Å²) in [5.74, 6) is 1.08. The molecule has 11 heteroatoms. The molecule has 7 rings (SSSR count). The number of hydrogen-bond donors (Lipinski definition) is 2. The van der Waals surface area contributed by atoms with E-state index in [1.54, 1.807) is 42.6 Å². The van der Waals surface area contributed by atoms with Crippen molar-refractivity contribution in [1.29, 1.82) is 0 Å². The van der Waals surface area contributed by atoms with Gasteiger partial charge in [-0.05, 0) is 73.6 Å². The molecule has 2 N–H and O–H groups in total. The van der Waals surface area contributed by atoms with Crippen molar-refractivity contribution in [3.8, 4) is 22.6 Å². The summed E-state index contributed by atoms with van der Waals surface area (Å²) < 4.78 is 34.9. The van der Waals surface area contributed by atoms with Gasteiger partial charge in [-0.2, -0.15) is 4.98 Å². The fourth-order valence-corrected chi connectivity index (χ4v) is 6.86. The molecule has 6 aromatic rings. The SMILES string of the molecule is O=c1c(-c2ccccc2S(=O)(=O)c2ccncc2)cc2cnc(Nc3ccc(OC4CCNC4)cc3)nc2n1-c1ccccc1. The molecule has 10 nitrogen and oxygen atoms in total. The summed E-state index contributed by atoms with van der Waals surface area (Å²) in [6.07, 6.45) is 5.61. The Bertz CT molecular complexity index is 2150. The first-order chi connectivity index (χ1) is 22.0. The van der Waals surface area contributed by atoms with E-state index in [1.807, 2.05) is 42.5 Å². The molecule has 224 valence electrons. The molecule has 1 aliphatic rings. The first-order valence-electron chi connectivity index (χ1n) is 14.4. The van der Waals surface area contributed by atoms with Crippen LogP contribution < -0.4 is 20.9 Å². The second-order valence-corrected chi connectivity index (χ2v) is 12.5. The van der Waals surface area contributed by atoms with Crippen molar-refractivity contribution in [3.05, 3.63) is 126 Å². The number of aromatic nitrogens is 4. The van der Waals surface area contributed by atoms with E-state index in [4.69, 9.17) is 9.72 Å². The highest BCUT2D eigenvalue weighted by molar-refractivity contribution is 7.91. The van der Waals surface area contributed by atoms with E-state index in [0.29, 0.717) is 22.7 Å². The number of fused-ring (bicyclic) bond motifs is 1. The zero-order chi connectivity index (χ0) is 30.8. The second kappa shape index (κ2) is 11.9. The first-order valence-corrected chi connectivity index (χ1v) is 15.9. The van der Waals surface area contributed by atoms with Crippen LogP contribution in [0.15, 0.2) is 130 Å². The van der Waals surface area contributed by atoms with E-state index in [-0.39, 0.29) is 27.0 Å². The zero-order valence-corrected chi connectivity index (χ0v) is 24.8. The van der Waals surface area contributed by atoms with Gasteiger partial charge in [0.1, 0.15) is 11.9 Å². The van der Waals surface area contributed by atoms with Gasteiger partial charge in [0, 0.05) is 47.3 Å². The van der Waals surface area contributed by atoms with Crippen LogP contribution in [-0.2, 0) is 9.84 Å². The number of sulfone groups is 1.